The molecule has 5 heteroatoms. The number of carbonyl (C=O) groups is 1. The van der Waals surface area contributed by atoms with E-state index in [9.17, 15) is 4.79 Å². The predicted molar refractivity (Wildman–Crippen MR) is 99.3 cm³/mol. The van der Waals surface area contributed by atoms with E-state index < -0.39 is 0 Å². The van der Waals surface area contributed by atoms with Crippen molar-refractivity contribution in [3.05, 3.63) is 47.7 Å². The normalized spacial score (nSPS) is 20.5. The van der Waals surface area contributed by atoms with Crippen molar-refractivity contribution >= 4 is 11.7 Å². The van der Waals surface area contributed by atoms with Crippen LogP contribution in [0.15, 0.2) is 36.5 Å². The first-order valence-corrected chi connectivity index (χ1v) is 8.98. The summed E-state index contributed by atoms with van der Waals surface area (Å²) in [6.07, 6.45) is 4.27. The number of rotatable bonds is 2. The van der Waals surface area contributed by atoms with E-state index in [0.717, 1.165) is 41.9 Å². The smallest absolute Gasteiger partial charge is 0.253 e. The maximum Gasteiger partial charge on any atom is 0.253 e. The number of aryl methyl sites for hydroxylation is 1. The van der Waals surface area contributed by atoms with Crippen LogP contribution in [0.25, 0.3) is 11.1 Å². The molecule has 0 radical (unpaired) electrons. The Balaban J connectivity index is 1.50. The number of piperazine rings is 1. The summed E-state index contributed by atoms with van der Waals surface area (Å²) in [7, 11) is 0. The number of carbonyl (C=O) groups excluding carboxylic acids is 1. The second-order valence-electron chi connectivity index (χ2n) is 7.08. The van der Waals surface area contributed by atoms with Gasteiger partial charge in [0.25, 0.3) is 5.91 Å². The largest absolute Gasteiger partial charge is 0.384 e. The Kier molecular flexibility index (Phi) is 4.17. The average molecular weight is 336 g/mol. The molecule has 0 aliphatic carbocycles. The van der Waals surface area contributed by atoms with Crippen LogP contribution >= 0.6 is 0 Å². The zero-order valence-corrected chi connectivity index (χ0v) is 14.6. The van der Waals surface area contributed by atoms with Gasteiger partial charge in [-0.05, 0) is 55.6 Å². The van der Waals surface area contributed by atoms with Crippen molar-refractivity contribution in [3.63, 3.8) is 0 Å². The third-order valence-electron chi connectivity index (χ3n) is 5.45. The van der Waals surface area contributed by atoms with Crippen LogP contribution in [-0.4, -0.2) is 52.9 Å². The van der Waals surface area contributed by atoms with E-state index in [-0.39, 0.29) is 5.91 Å². The number of nitrogen functional groups attached to an aromatic ring is 1. The first-order valence-electron chi connectivity index (χ1n) is 8.98. The third-order valence-corrected chi connectivity index (χ3v) is 5.45. The summed E-state index contributed by atoms with van der Waals surface area (Å²) in [4.78, 5) is 21.5. The standard InChI is InChI=1S/C20H24N4O/c1-14-11-19(21)22-12-18(14)15-4-6-16(7-5-15)20(25)24-10-9-23-8-2-3-17(23)13-24/h4-7,11-12,17H,2-3,8-10,13H2,1H3,(H2,21,22). The number of pyridine rings is 1. The Morgan fingerprint density at radius 3 is 2.76 bits per heavy atom. The summed E-state index contributed by atoms with van der Waals surface area (Å²) < 4.78 is 0. The minimum absolute atomic E-state index is 0.144. The summed E-state index contributed by atoms with van der Waals surface area (Å²) in [5.41, 5.74) is 9.68. The fraction of sp³-hybridized carbons (Fsp3) is 0.400. The van der Waals surface area contributed by atoms with Crippen LogP contribution < -0.4 is 5.73 Å². The molecule has 130 valence electrons. The molecule has 1 atom stereocenters. The number of amides is 1. The number of fused-ring (bicyclic) bond motifs is 1. The topological polar surface area (TPSA) is 62.5 Å². The Bertz CT molecular complexity index is 787. The van der Waals surface area contributed by atoms with Gasteiger partial charge in [-0.3, -0.25) is 9.69 Å². The van der Waals surface area contributed by atoms with Crippen LogP contribution in [0.3, 0.4) is 0 Å². The lowest BCUT2D eigenvalue weighted by molar-refractivity contribution is 0.0571. The molecule has 2 aromatic rings. The summed E-state index contributed by atoms with van der Waals surface area (Å²) in [6, 6.07) is 10.3. The van der Waals surface area contributed by atoms with Gasteiger partial charge < -0.3 is 10.6 Å². The maximum atomic E-state index is 12.8. The number of nitrogens with two attached hydrogens (primary N) is 1. The van der Waals surface area contributed by atoms with Crippen molar-refractivity contribution in [1.82, 2.24) is 14.8 Å². The van der Waals surface area contributed by atoms with Crippen molar-refractivity contribution in [2.24, 2.45) is 0 Å². The summed E-state index contributed by atoms with van der Waals surface area (Å²) in [5.74, 6) is 0.671. The molecule has 2 saturated heterocycles. The van der Waals surface area contributed by atoms with Crippen LogP contribution in [0.1, 0.15) is 28.8 Å². The van der Waals surface area contributed by atoms with E-state index in [2.05, 4.69) is 9.88 Å². The van der Waals surface area contributed by atoms with E-state index in [1.807, 2.05) is 42.2 Å². The molecule has 2 fully saturated rings. The summed E-state index contributed by atoms with van der Waals surface area (Å²) >= 11 is 0. The molecule has 25 heavy (non-hydrogen) atoms. The molecule has 0 spiro atoms. The lowest BCUT2D eigenvalue weighted by Crippen LogP contribution is -2.52. The minimum atomic E-state index is 0.144. The highest BCUT2D eigenvalue weighted by Crippen LogP contribution is 2.25. The number of hydrogen-bond acceptors (Lipinski definition) is 4. The molecule has 3 heterocycles. The number of anilines is 1. The molecular formula is C20H24N4O. The van der Waals surface area contributed by atoms with E-state index in [4.69, 9.17) is 5.73 Å². The maximum absolute atomic E-state index is 12.8. The molecule has 2 N–H and O–H groups in total. The molecule has 1 aromatic heterocycles. The van der Waals surface area contributed by atoms with Gasteiger partial charge in [-0.15, -0.1) is 0 Å². The number of nitrogens with zero attached hydrogens (tertiary/aromatic N) is 3. The summed E-state index contributed by atoms with van der Waals surface area (Å²) in [5, 5.41) is 0. The van der Waals surface area contributed by atoms with E-state index in [1.165, 1.54) is 19.4 Å². The number of aromatic nitrogens is 1. The van der Waals surface area contributed by atoms with Gasteiger partial charge in [-0.25, -0.2) is 4.98 Å². The van der Waals surface area contributed by atoms with Gasteiger partial charge in [-0.2, -0.15) is 0 Å². The molecule has 1 aromatic carbocycles. The molecular weight excluding hydrogens is 312 g/mol. The van der Waals surface area contributed by atoms with Gasteiger partial charge in [0.15, 0.2) is 0 Å². The van der Waals surface area contributed by atoms with Crippen LogP contribution in [0.5, 0.6) is 0 Å². The molecule has 4 rings (SSSR count). The molecule has 0 bridgehead atoms. The highest BCUT2D eigenvalue weighted by atomic mass is 16.2. The lowest BCUT2D eigenvalue weighted by atomic mass is 10.0. The van der Waals surface area contributed by atoms with E-state index in [0.29, 0.717) is 11.9 Å². The van der Waals surface area contributed by atoms with Gasteiger partial charge >= 0.3 is 0 Å². The lowest BCUT2D eigenvalue weighted by Gasteiger charge is -2.37. The Hall–Kier alpha value is -2.40. The SMILES string of the molecule is Cc1cc(N)ncc1-c1ccc(C(=O)N2CCN3CCCC3C2)cc1. The van der Waals surface area contributed by atoms with E-state index in [1.54, 1.807) is 6.20 Å². The zero-order valence-electron chi connectivity index (χ0n) is 14.6. The van der Waals surface area contributed by atoms with Crippen molar-refractivity contribution in [1.29, 1.82) is 0 Å². The quantitative estimate of drug-likeness (QED) is 0.915. The molecule has 2 aliphatic heterocycles. The van der Waals surface area contributed by atoms with Crippen LogP contribution in [0.4, 0.5) is 5.82 Å². The molecule has 1 amide bonds. The van der Waals surface area contributed by atoms with Gasteiger partial charge in [0.05, 0.1) is 0 Å². The molecule has 0 saturated carbocycles. The highest BCUT2D eigenvalue weighted by Gasteiger charge is 2.32. The van der Waals surface area contributed by atoms with Crippen molar-refractivity contribution in [3.8, 4) is 11.1 Å². The van der Waals surface area contributed by atoms with Crippen molar-refractivity contribution in [2.45, 2.75) is 25.8 Å². The minimum Gasteiger partial charge on any atom is -0.384 e. The first-order chi connectivity index (χ1) is 12.1. The van der Waals surface area contributed by atoms with Gasteiger partial charge in [-0.1, -0.05) is 12.1 Å². The first kappa shape index (κ1) is 16.1. The van der Waals surface area contributed by atoms with Crippen LogP contribution in [-0.2, 0) is 0 Å². The summed E-state index contributed by atoms with van der Waals surface area (Å²) in [6.45, 7) is 5.91. The monoisotopic (exact) mass is 336 g/mol. The zero-order chi connectivity index (χ0) is 17.4. The predicted octanol–water partition coefficient (Wildman–Crippen LogP) is 2.56. The van der Waals surface area contributed by atoms with Gasteiger partial charge in [0, 0.05) is 43.0 Å². The fourth-order valence-corrected chi connectivity index (χ4v) is 4.03. The Morgan fingerprint density at radius 2 is 2.00 bits per heavy atom. The Morgan fingerprint density at radius 1 is 1.20 bits per heavy atom. The van der Waals surface area contributed by atoms with Crippen molar-refractivity contribution in [2.75, 3.05) is 31.9 Å². The third kappa shape index (κ3) is 3.12. The molecule has 2 aliphatic rings. The molecule has 1 unspecified atom stereocenters. The second-order valence-corrected chi connectivity index (χ2v) is 7.08. The van der Waals surface area contributed by atoms with Crippen molar-refractivity contribution < 1.29 is 4.79 Å². The number of benzene rings is 1. The number of hydrogen-bond donors (Lipinski definition) is 1. The second kappa shape index (κ2) is 6.48. The van der Waals surface area contributed by atoms with E-state index >= 15 is 0 Å². The Labute approximate surface area is 148 Å². The van der Waals surface area contributed by atoms with Gasteiger partial charge in [0.1, 0.15) is 5.82 Å². The molecule has 5 nitrogen and oxygen atoms in total. The highest BCUT2D eigenvalue weighted by molar-refractivity contribution is 5.95. The van der Waals surface area contributed by atoms with Crippen LogP contribution in [0.2, 0.25) is 0 Å². The van der Waals surface area contributed by atoms with Gasteiger partial charge in [0.2, 0.25) is 0 Å². The average Bonchev–Trinajstić information content (AvgIpc) is 3.09. The van der Waals surface area contributed by atoms with Crippen LogP contribution in [0, 0.1) is 6.92 Å². The fourth-order valence-electron chi connectivity index (χ4n) is 4.03.